The van der Waals surface area contributed by atoms with E-state index in [9.17, 15) is 0 Å². The van der Waals surface area contributed by atoms with Gasteiger partial charge in [-0.05, 0) is 35.9 Å². The van der Waals surface area contributed by atoms with Gasteiger partial charge in [0.05, 0.1) is 5.39 Å². The number of halogens is 1. The number of nitrogen functional groups attached to an aromatic ring is 1. The molecule has 2 aromatic heterocycles. The quantitative estimate of drug-likeness (QED) is 0.667. The lowest BCUT2D eigenvalue weighted by Gasteiger charge is -2.00. The van der Waals surface area contributed by atoms with Gasteiger partial charge in [-0.15, -0.1) is 0 Å². The minimum atomic E-state index is 0.499. The molecule has 0 bridgehead atoms. The highest BCUT2D eigenvalue weighted by Crippen LogP contribution is 2.21. The molecule has 0 saturated carbocycles. The van der Waals surface area contributed by atoms with Gasteiger partial charge in [-0.3, -0.25) is 5.10 Å². The Morgan fingerprint density at radius 1 is 1.44 bits per heavy atom. The van der Waals surface area contributed by atoms with E-state index in [0.29, 0.717) is 11.5 Å². The first-order valence-corrected chi connectivity index (χ1v) is 6.07. The summed E-state index contributed by atoms with van der Waals surface area (Å²) in [6.45, 7) is 1.99. The minimum absolute atomic E-state index is 0.499. The number of anilines is 1. The average molecular weight is 329 g/mol. The molecule has 16 heavy (non-hydrogen) atoms. The molecule has 0 fully saturated rings. The lowest BCUT2D eigenvalue weighted by atomic mass is 10.2. The third-order valence-electron chi connectivity index (χ3n) is 2.21. The van der Waals surface area contributed by atoms with Gasteiger partial charge in [0.15, 0.2) is 5.65 Å². The Balaban J connectivity index is 2.35. The molecule has 3 N–H and O–H groups in total. The normalized spacial score (nSPS) is 11.6. The highest BCUT2D eigenvalue weighted by molar-refractivity contribution is 14.1. The number of aromatic amines is 1. The third-order valence-corrected chi connectivity index (χ3v) is 2.99. The monoisotopic (exact) mass is 329 g/mol. The number of nitrogens with two attached hydrogens (primary N) is 1. The zero-order chi connectivity index (χ0) is 11.5. The van der Waals surface area contributed by atoms with Gasteiger partial charge >= 0.3 is 0 Å². The van der Waals surface area contributed by atoms with Gasteiger partial charge in [-0.25, -0.2) is 9.97 Å². The number of allylic oxidation sites excluding steroid dienone is 2. The lowest BCUT2D eigenvalue weighted by Crippen LogP contribution is -2.00. The number of rotatable bonds is 3. The standard InChI is InChI=1S/C10H12IN5/c1-2-3-4-5-6-13-9(12)7-8(11)15-16-10(7)14-6/h2-3H,4-5H2,1H3,(H3,12,13,14,15,16). The predicted octanol–water partition coefficient (Wildman–Crippen LogP) is 2.05. The van der Waals surface area contributed by atoms with Crippen molar-refractivity contribution in [2.45, 2.75) is 19.8 Å². The number of hydrogen-bond donors (Lipinski definition) is 2. The lowest BCUT2D eigenvalue weighted by molar-refractivity contribution is 0.889. The molecule has 0 spiro atoms. The molecule has 5 nitrogen and oxygen atoms in total. The first-order valence-electron chi connectivity index (χ1n) is 4.99. The van der Waals surface area contributed by atoms with Crippen molar-refractivity contribution in [2.24, 2.45) is 0 Å². The molecule has 0 aliphatic carbocycles. The van der Waals surface area contributed by atoms with E-state index >= 15 is 0 Å². The van der Waals surface area contributed by atoms with E-state index < -0.39 is 0 Å². The van der Waals surface area contributed by atoms with Gasteiger partial charge in [0, 0.05) is 6.42 Å². The summed E-state index contributed by atoms with van der Waals surface area (Å²) in [6.07, 6.45) is 5.80. The summed E-state index contributed by atoms with van der Waals surface area (Å²) >= 11 is 2.14. The van der Waals surface area contributed by atoms with Crippen molar-refractivity contribution in [3.63, 3.8) is 0 Å². The van der Waals surface area contributed by atoms with Crippen LogP contribution in [0, 0.1) is 3.70 Å². The molecule has 2 rings (SSSR count). The second-order valence-electron chi connectivity index (χ2n) is 3.37. The van der Waals surface area contributed by atoms with Crippen LogP contribution >= 0.6 is 22.6 Å². The fourth-order valence-electron chi connectivity index (χ4n) is 1.45. The Morgan fingerprint density at radius 3 is 3.00 bits per heavy atom. The molecule has 0 aliphatic rings. The van der Waals surface area contributed by atoms with Crippen molar-refractivity contribution in [3.05, 3.63) is 21.7 Å². The number of nitrogens with one attached hydrogen (secondary N) is 1. The molecule has 2 aromatic rings. The molecule has 0 radical (unpaired) electrons. The summed E-state index contributed by atoms with van der Waals surface area (Å²) in [5.74, 6) is 1.24. The van der Waals surface area contributed by atoms with Crippen molar-refractivity contribution in [2.75, 3.05) is 5.73 Å². The molecule has 0 aromatic carbocycles. The zero-order valence-corrected chi connectivity index (χ0v) is 11.0. The van der Waals surface area contributed by atoms with Gasteiger partial charge in [0.1, 0.15) is 15.3 Å². The predicted molar refractivity (Wildman–Crippen MR) is 71.9 cm³/mol. The van der Waals surface area contributed by atoms with Crippen LogP contribution in [0.1, 0.15) is 19.2 Å². The maximum atomic E-state index is 5.87. The van der Waals surface area contributed by atoms with Gasteiger partial charge < -0.3 is 5.73 Å². The summed E-state index contributed by atoms with van der Waals surface area (Å²) in [5.41, 5.74) is 6.52. The smallest absolute Gasteiger partial charge is 0.187 e. The Kier molecular flexibility index (Phi) is 3.37. The SMILES string of the molecule is CC=CCCc1nc(N)c2c(I)[nH]nc2n1. The van der Waals surface area contributed by atoms with E-state index in [0.717, 1.165) is 27.8 Å². The van der Waals surface area contributed by atoms with Crippen molar-refractivity contribution < 1.29 is 0 Å². The molecular weight excluding hydrogens is 317 g/mol. The maximum Gasteiger partial charge on any atom is 0.187 e. The van der Waals surface area contributed by atoms with Crippen molar-refractivity contribution in [3.8, 4) is 0 Å². The van der Waals surface area contributed by atoms with Gasteiger partial charge in [0.2, 0.25) is 0 Å². The number of aryl methyl sites for hydroxylation is 1. The van der Waals surface area contributed by atoms with Crippen molar-refractivity contribution >= 4 is 39.4 Å². The second kappa shape index (κ2) is 4.77. The van der Waals surface area contributed by atoms with E-state index in [1.165, 1.54) is 0 Å². The Morgan fingerprint density at radius 2 is 2.25 bits per heavy atom. The molecule has 0 saturated heterocycles. The Bertz CT molecular complexity index is 531. The van der Waals surface area contributed by atoms with E-state index in [4.69, 9.17) is 5.73 Å². The van der Waals surface area contributed by atoms with Crippen LogP contribution in [0.5, 0.6) is 0 Å². The molecule has 0 atom stereocenters. The minimum Gasteiger partial charge on any atom is -0.383 e. The van der Waals surface area contributed by atoms with Crippen LogP contribution in [0.4, 0.5) is 5.82 Å². The van der Waals surface area contributed by atoms with Gasteiger partial charge in [0.25, 0.3) is 0 Å². The fraction of sp³-hybridized carbons (Fsp3) is 0.300. The van der Waals surface area contributed by atoms with Crippen LogP contribution in [-0.4, -0.2) is 20.2 Å². The van der Waals surface area contributed by atoms with E-state index in [1.54, 1.807) is 0 Å². The highest BCUT2D eigenvalue weighted by atomic mass is 127. The molecule has 2 heterocycles. The van der Waals surface area contributed by atoms with Gasteiger partial charge in [-0.2, -0.15) is 5.10 Å². The average Bonchev–Trinajstić information content (AvgIpc) is 2.61. The maximum absolute atomic E-state index is 5.87. The van der Waals surface area contributed by atoms with Gasteiger partial charge in [-0.1, -0.05) is 12.2 Å². The van der Waals surface area contributed by atoms with Crippen LogP contribution in [-0.2, 0) is 6.42 Å². The Hall–Kier alpha value is -1.18. The largest absolute Gasteiger partial charge is 0.383 e. The van der Waals surface area contributed by atoms with Crippen LogP contribution < -0.4 is 5.73 Å². The highest BCUT2D eigenvalue weighted by Gasteiger charge is 2.10. The third kappa shape index (κ3) is 2.16. The number of hydrogen-bond acceptors (Lipinski definition) is 4. The number of fused-ring (bicyclic) bond motifs is 1. The summed E-state index contributed by atoms with van der Waals surface area (Å²) in [5, 5.41) is 7.75. The first-order chi connectivity index (χ1) is 7.72. The topological polar surface area (TPSA) is 80.5 Å². The molecular formula is C10H12IN5. The Labute approximate surface area is 107 Å². The van der Waals surface area contributed by atoms with E-state index in [1.807, 2.05) is 13.0 Å². The first kappa shape index (κ1) is 11.3. The summed E-state index contributed by atoms with van der Waals surface area (Å²) in [7, 11) is 0. The number of nitrogens with zero attached hydrogens (tertiary/aromatic N) is 3. The molecule has 0 amide bonds. The van der Waals surface area contributed by atoms with Crippen LogP contribution in [0.2, 0.25) is 0 Å². The van der Waals surface area contributed by atoms with E-state index in [2.05, 4.69) is 48.8 Å². The summed E-state index contributed by atoms with van der Waals surface area (Å²) in [4.78, 5) is 8.63. The molecule has 0 unspecified atom stereocenters. The molecule has 84 valence electrons. The number of aromatic nitrogens is 4. The van der Waals surface area contributed by atoms with Crippen LogP contribution in [0.3, 0.4) is 0 Å². The fourth-order valence-corrected chi connectivity index (χ4v) is 2.09. The zero-order valence-electron chi connectivity index (χ0n) is 8.87. The summed E-state index contributed by atoms with van der Waals surface area (Å²) in [6, 6.07) is 0. The van der Waals surface area contributed by atoms with E-state index in [-0.39, 0.29) is 0 Å². The van der Waals surface area contributed by atoms with Crippen LogP contribution in [0.15, 0.2) is 12.2 Å². The second-order valence-corrected chi connectivity index (χ2v) is 4.45. The van der Waals surface area contributed by atoms with Crippen LogP contribution in [0.25, 0.3) is 11.0 Å². The van der Waals surface area contributed by atoms with Crippen molar-refractivity contribution in [1.29, 1.82) is 0 Å². The van der Waals surface area contributed by atoms with Crippen molar-refractivity contribution in [1.82, 2.24) is 20.2 Å². The molecule has 0 aliphatic heterocycles. The molecule has 6 heteroatoms. The number of H-pyrrole nitrogens is 1. The summed E-state index contributed by atoms with van der Waals surface area (Å²) < 4.78 is 0.880.